The summed E-state index contributed by atoms with van der Waals surface area (Å²) in [7, 11) is 0. The number of rotatable bonds is 6. The van der Waals surface area contributed by atoms with Crippen LogP contribution in [0.1, 0.15) is 51.2 Å². The summed E-state index contributed by atoms with van der Waals surface area (Å²) in [6.07, 6.45) is 11.8. The van der Waals surface area contributed by atoms with E-state index in [9.17, 15) is 9.59 Å². The molecule has 26 heavy (non-hydrogen) atoms. The van der Waals surface area contributed by atoms with Crippen LogP contribution in [0.15, 0.2) is 35.0 Å². The number of ether oxygens (including phenoxy) is 1. The van der Waals surface area contributed by atoms with Crippen molar-refractivity contribution in [3.8, 4) is 0 Å². The smallest absolute Gasteiger partial charge is 0.330 e. The van der Waals surface area contributed by atoms with Gasteiger partial charge in [-0.05, 0) is 75.3 Å². The lowest BCUT2D eigenvalue weighted by Gasteiger charge is -2.60. The summed E-state index contributed by atoms with van der Waals surface area (Å²) in [5, 5.41) is 0. The summed E-state index contributed by atoms with van der Waals surface area (Å²) in [6, 6.07) is 3.76. The Labute approximate surface area is 154 Å². The second-order valence-electron chi connectivity index (χ2n) is 8.31. The Kier molecular flexibility index (Phi) is 4.63. The SMILES string of the molecule is CC=CC(=O)OCC(=O)N(Cc1ccco1)C12CC3CC(CC(C3)C1)C2. The van der Waals surface area contributed by atoms with Gasteiger partial charge < -0.3 is 14.1 Å². The molecule has 4 bridgehead atoms. The van der Waals surface area contributed by atoms with Crippen LogP contribution in [0.4, 0.5) is 0 Å². The van der Waals surface area contributed by atoms with E-state index in [1.807, 2.05) is 17.0 Å². The van der Waals surface area contributed by atoms with Gasteiger partial charge in [0.2, 0.25) is 0 Å². The fourth-order valence-electron chi connectivity index (χ4n) is 5.87. The van der Waals surface area contributed by atoms with Gasteiger partial charge in [0.15, 0.2) is 6.61 Å². The Morgan fingerprint density at radius 2 is 1.88 bits per heavy atom. The first-order chi connectivity index (χ1) is 12.6. The maximum Gasteiger partial charge on any atom is 0.330 e. The Morgan fingerprint density at radius 1 is 1.23 bits per heavy atom. The number of nitrogens with zero attached hydrogens (tertiary/aromatic N) is 1. The number of esters is 1. The summed E-state index contributed by atoms with van der Waals surface area (Å²) in [6.45, 7) is 2.01. The highest BCUT2D eigenvalue weighted by Gasteiger charge is 2.54. The van der Waals surface area contributed by atoms with Crippen LogP contribution >= 0.6 is 0 Å². The lowest BCUT2D eigenvalue weighted by molar-refractivity contribution is -0.162. The zero-order valence-electron chi connectivity index (χ0n) is 15.4. The molecule has 1 aromatic rings. The van der Waals surface area contributed by atoms with Crippen LogP contribution in [0.3, 0.4) is 0 Å². The van der Waals surface area contributed by atoms with E-state index in [1.165, 1.54) is 25.3 Å². The highest BCUT2D eigenvalue weighted by Crippen LogP contribution is 2.58. The van der Waals surface area contributed by atoms with Crippen LogP contribution < -0.4 is 0 Å². The van der Waals surface area contributed by atoms with E-state index < -0.39 is 5.97 Å². The number of hydrogen-bond acceptors (Lipinski definition) is 4. The lowest BCUT2D eigenvalue weighted by atomic mass is 9.52. The number of amides is 1. The van der Waals surface area contributed by atoms with E-state index in [1.54, 1.807) is 19.3 Å². The molecule has 5 rings (SSSR count). The maximum atomic E-state index is 13.1. The molecular formula is C21H27NO4. The number of carbonyl (C=O) groups is 2. The van der Waals surface area contributed by atoms with Crippen LogP contribution in [0, 0.1) is 17.8 Å². The normalized spacial score (nSPS) is 32.1. The molecule has 4 aliphatic rings. The van der Waals surface area contributed by atoms with Gasteiger partial charge >= 0.3 is 5.97 Å². The molecule has 0 atom stereocenters. The number of allylic oxidation sites excluding steroid dienone is 1. The number of furan rings is 1. The molecule has 140 valence electrons. The minimum absolute atomic E-state index is 0.0916. The Morgan fingerprint density at radius 3 is 2.42 bits per heavy atom. The monoisotopic (exact) mass is 357 g/mol. The minimum Gasteiger partial charge on any atom is -0.467 e. The number of carbonyl (C=O) groups excluding carboxylic acids is 2. The second-order valence-corrected chi connectivity index (χ2v) is 8.31. The molecule has 0 radical (unpaired) electrons. The molecule has 0 aromatic carbocycles. The van der Waals surface area contributed by atoms with Crippen molar-refractivity contribution in [1.29, 1.82) is 0 Å². The van der Waals surface area contributed by atoms with Gasteiger partial charge in [-0.2, -0.15) is 0 Å². The molecule has 5 nitrogen and oxygen atoms in total. The molecular weight excluding hydrogens is 330 g/mol. The van der Waals surface area contributed by atoms with Crippen molar-refractivity contribution < 1.29 is 18.7 Å². The third kappa shape index (κ3) is 3.31. The van der Waals surface area contributed by atoms with Gasteiger partial charge in [0.25, 0.3) is 5.91 Å². The van der Waals surface area contributed by atoms with E-state index in [0.29, 0.717) is 6.54 Å². The van der Waals surface area contributed by atoms with Crippen LogP contribution in [0.2, 0.25) is 0 Å². The van der Waals surface area contributed by atoms with Gasteiger partial charge in [-0.1, -0.05) is 6.08 Å². The van der Waals surface area contributed by atoms with E-state index in [-0.39, 0.29) is 18.1 Å². The molecule has 1 amide bonds. The van der Waals surface area contributed by atoms with Crippen molar-refractivity contribution in [1.82, 2.24) is 4.90 Å². The number of hydrogen-bond donors (Lipinski definition) is 0. The van der Waals surface area contributed by atoms with Crippen LogP contribution in [-0.2, 0) is 20.9 Å². The maximum absolute atomic E-state index is 13.1. The highest BCUT2D eigenvalue weighted by molar-refractivity contribution is 5.86. The van der Waals surface area contributed by atoms with E-state index >= 15 is 0 Å². The zero-order valence-corrected chi connectivity index (χ0v) is 15.4. The van der Waals surface area contributed by atoms with Crippen molar-refractivity contribution in [3.63, 3.8) is 0 Å². The van der Waals surface area contributed by atoms with Crippen LogP contribution in [-0.4, -0.2) is 28.9 Å². The average molecular weight is 357 g/mol. The molecule has 4 saturated carbocycles. The first-order valence-corrected chi connectivity index (χ1v) is 9.70. The fraction of sp³-hybridized carbons (Fsp3) is 0.619. The largest absolute Gasteiger partial charge is 0.467 e. The van der Waals surface area contributed by atoms with Gasteiger partial charge in [-0.25, -0.2) is 4.79 Å². The molecule has 0 N–H and O–H groups in total. The summed E-state index contributed by atoms with van der Waals surface area (Å²) in [5.74, 6) is 2.41. The lowest BCUT2D eigenvalue weighted by Crippen LogP contribution is -2.61. The molecule has 0 aliphatic heterocycles. The molecule has 5 heteroatoms. The van der Waals surface area contributed by atoms with Gasteiger partial charge in [0, 0.05) is 11.6 Å². The van der Waals surface area contributed by atoms with E-state index in [2.05, 4.69) is 0 Å². The van der Waals surface area contributed by atoms with Crippen molar-refractivity contribution in [2.75, 3.05) is 6.61 Å². The first-order valence-electron chi connectivity index (χ1n) is 9.70. The van der Waals surface area contributed by atoms with Crippen LogP contribution in [0.25, 0.3) is 0 Å². The van der Waals surface area contributed by atoms with Crippen molar-refractivity contribution in [3.05, 3.63) is 36.3 Å². The first kappa shape index (κ1) is 17.4. The molecule has 0 spiro atoms. The third-order valence-electron chi connectivity index (χ3n) is 6.41. The third-order valence-corrected chi connectivity index (χ3v) is 6.41. The van der Waals surface area contributed by atoms with Crippen molar-refractivity contribution >= 4 is 11.9 Å². The summed E-state index contributed by atoms with van der Waals surface area (Å²) in [4.78, 5) is 26.7. The Hall–Kier alpha value is -2.04. The quantitative estimate of drug-likeness (QED) is 0.575. The summed E-state index contributed by atoms with van der Waals surface area (Å²) >= 11 is 0. The summed E-state index contributed by atoms with van der Waals surface area (Å²) < 4.78 is 10.7. The van der Waals surface area contributed by atoms with Gasteiger partial charge in [-0.3, -0.25) is 4.79 Å². The van der Waals surface area contributed by atoms with E-state index in [4.69, 9.17) is 9.15 Å². The van der Waals surface area contributed by atoms with Gasteiger partial charge in [0.1, 0.15) is 5.76 Å². The molecule has 1 aromatic heterocycles. The predicted molar refractivity (Wildman–Crippen MR) is 95.9 cm³/mol. The molecule has 4 fully saturated rings. The van der Waals surface area contributed by atoms with Crippen molar-refractivity contribution in [2.24, 2.45) is 17.8 Å². The topological polar surface area (TPSA) is 59.8 Å². The fourth-order valence-corrected chi connectivity index (χ4v) is 5.87. The van der Waals surface area contributed by atoms with E-state index in [0.717, 1.165) is 42.8 Å². The summed E-state index contributed by atoms with van der Waals surface area (Å²) in [5.41, 5.74) is -0.0916. The average Bonchev–Trinajstić information content (AvgIpc) is 3.10. The second kappa shape index (κ2) is 6.93. The Balaban J connectivity index is 1.55. The predicted octanol–water partition coefficient (Wildman–Crippen LogP) is 3.70. The molecule has 4 aliphatic carbocycles. The Bertz CT molecular complexity index is 656. The standard InChI is InChI=1S/C21H27NO4/c1-2-4-20(24)26-14-19(23)22(13-18-5-3-6-25-18)21-10-15-7-16(11-21)9-17(8-15)12-21/h2-6,15-17H,7-14H2,1H3. The zero-order chi connectivity index (χ0) is 18.1. The molecule has 0 saturated heterocycles. The van der Waals surface area contributed by atoms with Gasteiger partial charge in [-0.15, -0.1) is 0 Å². The van der Waals surface area contributed by atoms with Crippen molar-refractivity contribution in [2.45, 2.75) is 57.5 Å². The van der Waals surface area contributed by atoms with Crippen LogP contribution in [0.5, 0.6) is 0 Å². The molecule has 0 unspecified atom stereocenters. The highest BCUT2D eigenvalue weighted by atomic mass is 16.5. The van der Waals surface area contributed by atoms with Gasteiger partial charge in [0.05, 0.1) is 12.8 Å². The minimum atomic E-state index is -0.468. The molecule has 1 heterocycles.